The molecule has 0 aliphatic heterocycles. The number of rotatable bonds is 5. The van der Waals surface area contributed by atoms with Crippen LogP contribution >= 0.6 is 11.6 Å². The van der Waals surface area contributed by atoms with Crippen molar-refractivity contribution < 1.29 is 23.8 Å². The summed E-state index contributed by atoms with van der Waals surface area (Å²) in [6.07, 6.45) is 0. The Hall–Kier alpha value is -2.99. The van der Waals surface area contributed by atoms with Crippen LogP contribution in [-0.4, -0.2) is 17.7 Å². The van der Waals surface area contributed by atoms with Crippen molar-refractivity contribution >= 4 is 28.5 Å². The molecule has 0 amide bonds. The van der Waals surface area contributed by atoms with Crippen LogP contribution in [0.25, 0.3) is 11.0 Å². The summed E-state index contributed by atoms with van der Waals surface area (Å²) in [5.74, 6) is 0.0330. The Bertz CT molecular complexity index is 991. The van der Waals surface area contributed by atoms with E-state index in [0.717, 1.165) is 0 Å². The molecule has 7 heteroatoms. The molecule has 0 unspecified atom stereocenters. The third-order valence-electron chi connectivity index (χ3n) is 3.38. The molecule has 1 heterocycles. The van der Waals surface area contributed by atoms with E-state index in [0.29, 0.717) is 27.7 Å². The highest BCUT2D eigenvalue weighted by atomic mass is 35.5. The number of ether oxygens (including phenoxy) is 2. The Morgan fingerprint density at radius 3 is 2.52 bits per heavy atom. The number of carboxylic acids is 1. The van der Waals surface area contributed by atoms with Crippen molar-refractivity contribution in [3.8, 4) is 17.2 Å². The minimum atomic E-state index is -1.09. The van der Waals surface area contributed by atoms with Gasteiger partial charge in [0.05, 0.1) is 5.39 Å². The summed E-state index contributed by atoms with van der Waals surface area (Å²) in [6, 6.07) is 11.1. The van der Waals surface area contributed by atoms with Crippen molar-refractivity contribution in [1.29, 1.82) is 0 Å². The van der Waals surface area contributed by atoms with Crippen molar-refractivity contribution in [1.82, 2.24) is 0 Å². The average molecular weight is 361 g/mol. The quantitative estimate of drug-likeness (QED) is 0.739. The van der Waals surface area contributed by atoms with E-state index < -0.39 is 12.6 Å². The number of halogens is 1. The van der Waals surface area contributed by atoms with Crippen LogP contribution in [0.4, 0.5) is 0 Å². The Balaban J connectivity index is 1.98. The molecule has 128 valence electrons. The highest BCUT2D eigenvalue weighted by Crippen LogP contribution is 2.27. The van der Waals surface area contributed by atoms with Crippen molar-refractivity contribution in [3.05, 3.63) is 63.5 Å². The Labute approximate surface area is 147 Å². The summed E-state index contributed by atoms with van der Waals surface area (Å²) in [5.41, 5.74) is -0.0488. The van der Waals surface area contributed by atoms with Gasteiger partial charge in [0.2, 0.25) is 11.2 Å². The standard InChI is InChI=1S/C18H13ClO6/c1-10-18(25-12-4-2-11(19)3-5-12)17(22)14-7-6-13(8-15(14)24-10)23-9-16(20)21/h2-8H,9H2,1H3,(H,20,21). The molecule has 0 saturated heterocycles. The molecule has 2 aromatic carbocycles. The van der Waals surface area contributed by atoms with Crippen LogP contribution in [0.5, 0.6) is 17.2 Å². The zero-order valence-corrected chi connectivity index (χ0v) is 13.9. The number of aliphatic carboxylic acids is 1. The minimum Gasteiger partial charge on any atom is -0.482 e. The normalized spacial score (nSPS) is 10.6. The van der Waals surface area contributed by atoms with E-state index in [9.17, 15) is 9.59 Å². The molecule has 3 rings (SSSR count). The lowest BCUT2D eigenvalue weighted by molar-refractivity contribution is -0.139. The smallest absolute Gasteiger partial charge is 0.341 e. The maximum absolute atomic E-state index is 12.7. The fourth-order valence-corrected chi connectivity index (χ4v) is 2.37. The van der Waals surface area contributed by atoms with Crippen molar-refractivity contribution in [3.63, 3.8) is 0 Å². The third kappa shape index (κ3) is 3.75. The third-order valence-corrected chi connectivity index (χ3v) is 3.63. The van der Waals surface area contributed by atoms with Crippen LogP contribution in [0.2, 0.25) is 5.02 Å². The van der Waals surface area contributed by atoms with Gasteiger partial charge in [-0.1, -0.05) is 11.6 Å². The number of fused-ring (bicyclic) bond motifs is 1. The Kier molecular flexibility index (Phi) is 4.63. The predicted octanol–water partition coefficient (Wildman–Crippen LogP) is 4.01. The fraction of sp³-hybridized carbons (Fsp3) is 0.111. The highest BCUT2D eigenvalue weighted by Gasteiger charge is 2.15. The van der Waals surface area contributed by atoms with E-state index in [1.807, 2.05) is 0 Å². The second-order valence-corrected chi connectivity index (χ2v) is 5.65. The lowest BCUT2D eigenvalue weighted by atomic mass is 10.2. The van der Waals surface area contributed by atoms with E-state index >= 15 is 0 Å². The monoisotopic (exact) mass is 360 g/mol. The summed E-state index contributed by atoms with van der Waals surface area (Å²) in [7, 11) is 0. The molecule has 25 heavy (non-hydrogen) atoms. The zero-order valence-electron chi connectivity index (χ0n) is 13.1. The molecule has 0 fully saturated rings. The first-order valence-corrected chi connectivity index (χ1v) is 7.67. The van der Waals surface area contributed by atoms with Crippen LogP contribution in [0.15, 0.2) is 51.7 Å². The van der Waals surface area contributed by atoms with Gasteiger partial charge < -0.3 is 19.0 Å². The average Bonchev–Trinajstić information content (AvgIpc) is 2.58. The number of benzene rings is 2. The number of aryl methyl sites for hydroxylation is 1. The molecule has 0 spiro atoms. The summed E-state index contributed by atoms with van der Waals surface area (Å²) < 4.78 is 16.4. The maximum atomic E-state index is 12.7. The number of hydrogen-bond donors (Lipinski definition) is 1. The number of carbonyl (C=O) groups is 1. The molecule has 0 aliphatic carbocycles. The van der Waals surface area contributed by atoms with Gasteiger partial charge in [0.1, 0.15) is 22.8 Å². The van der Waals surface area contributed by atoms with E-state index in [2.05, 4.69) is 0 Å². The predicted molar refractivity (Wildman–Crippen MR) is 91.9 cm³/mol. The van der Waals surface area contributed by atoms with Gasteiger partial charge in [0, 0.05) is 11.1 Å². The van der Waals surface area contributed by atoms with Gasteiger partial charge >= 0.3 is 5.97 Å². The summed E-state index contributed by atoms with van der Waals surface area (Å²) in [5, 5.41) is 9.51. The summed E-state index contributed by atoms with van der Waals surface area (Å²) >= 11 is 5.83. The van der Waals surface area contributed by atoms with Crippen molar-refractivity contribution in [2.75, 3.05) is 6.61 Å². The first-order valence-electron chi connectivity index (χ1n) is 7.29. The molecular formula is C18H13ClO6. The topological polar surface area (TPSA) is 86.0 Å². The van der Waals surface area contributed by atoms with E-state index in [-0.39, 0.29) is 16.8 Å². The lowest BCUT2D eigenvalue weighted by Crippen LogP contribution is -2.10. The van der Waals surface area contributed by atoms with Crippen LogP contribution in [0, 0.1) is 6.92 Å². The van der Waals surface area contributed by atoms with Crippen LogP contribution in [0.3, 0.4) is 0 Å². The van der Waals surface area contributed by atoms with E-state index in [1.165, 1.54) is 18.2 Å². The van der Waals surface area contributed by atoms with Gasteiger partial charge in [0.15, 0.2) is 6.61 Å². The van der Waals surface area contributed by atoms with Gasteiger partial charge in [0.25, 0.3) is 0 Å². The van der Waals surface area contributed by atoms with Gasteiger partial charge in [-0.2, -0.15) is 0 Å². The van der Waals surface area contributed by atoms with Gasteiger partial charge in [-0.05, 0) is 43.3 Å². The van der Waals surface area contributed by atoms with Crippen LogP contribution in [0.1, 0.15) is 5.76 Å². The molecule has 1 N–H and O–H groups in total. The van der Waals surface area contributed by atoms with Gasteiger partial charge in [-0.3, -0.25) is 4.79 Å². The van der Waals surface area contributed by atoms with Crippen molar-refractivity contribution in [2.45, 2.75) is 6.92 Å². The Morgan fingerprint density at radius 1 is 1.16 bits per heavy atom. The Morgan fingerprint density at radius 2 is 1.84 bits per heavy atom. The number of carboxylic acid groups (broad SMARTS) is 1. The second kappa shape index (κ2) is 6.86. The molecule has 0 bridgehead atoms. The first kappa shape index (κ1) is 16.9. The molecule has 3 aromatic rings. The molecule has 6 nitrogen and oxygen atoms in total. The lowest BCUT2D eigenvalue weighted by Gasteiger charge is -2.10. The second-order valence-electron chi connectivity index (χ2n) is 5.21. The van der Waals surface area contributed by atoms with Gasteiger partial charge in [-0.15, -0.1) is 0 Å². The van der Waals surface area contributed by atoms with Crippen molar-refractivity contribution in [2.24, 2.45) is 0 Å². The van der Waals surface area contributed by atoms with E-state index in [4.69, 9.17) is 30.6 Å². The molecule has 0 radical (unpaired) electrons. The first-order chi connectivity index (χ1) is 11.9. The minimum absolute atomic E-state index is 0.0778. The molecule has 0 aliphatic rings. The van der Waals surface area contributed by atoms with Gasteiger partial charge in [-0.25, -0.2) is 4.79 Å². The molecule has 0 saturated carbocycles. The largest absolute Gasteiger partial charge is 0.482 e. The fourth-order valence-electron chi connectivity index (χ4n) is 2.24. The molecule has 1 aromatic heterocycles. The molecular weight excluding hydrogens is 348 g/mol. The van der Waals surface area contributed by atoms with Crippen LogP contribution < -0.4 is 14.9 Å². The maximum Gasteiger partial charge on any atom is 0.341 e. The van der Waals surface area contributed by atoms with Crippen LogP contribution in [-0.2, 0) is 4.79 Å². The highest BCUT2D eigenvalue weighted by molar-refractivity contribution is 6.30. The SMILES string of the molecule is Cc1oc2cc(OCC(=O)O)ccc2c(=O)c1Oc1ccc(Cl)cc1. The molecule has 0 atom stereocenters. The summed E-state index contributed by atoms with van der Waals surface area (Å²) in [6.45, 7) is 1.13. The number of hydrogen-bond acceptors (Lipinski definition) is 5. The zero-order chi connectivity index (χ0) is 18.0. The van der Waals surface area contributed by atoms with E-state index in [1.54, 1.807) is 31.2 Å². The summed E-state index contributed by atoms with van der Waals surface area (Å²) in [4.78, 5) is 23.2.